The van der Waals surface area contributed by atoms with Crippen LogP contribution in [0.15, 0.2) is 40.3 Å². The highest BCUT2D eigenvalue weighted by atomic mass is 32.2. The number of hydroxylamine groups is 1. The molecular formula is C12H14N2O2S. The lowest BCUT2D eigenvalue weighted by Crippen LogP contribution is -2.22. The number of rotatable bonds is 3. The lowest BCUT2D eigenvalue weighted by molar-refractivity contribution is -0.124. The Hall–Kier alpha value is -1.46. The standard InChI is InChI=1S/C12H14N2O2S/c1-2-7-14-9-5-3-4-6-10(9)17-12(14)8-11(15)13-16/h3-6,8,16H,2,7H2,1H3,(H,13,15)/b12-8+. The molecule has 1 aliphatic rings. The molecule has 1 aliphatic heterocycles. The first-order chi connectivity index (χ1) is 8.26. The second-order valence-corrected chi connectivity index (χ2v) is 4.74. The third kappa shape index (κ3) is 2.45. The highest BCUT2D eigenvalue weighted by molar-refractivity contribution is 8.03. The molecule has 1 aromatic carbocycles. The molecule has 0 aliphatic carbocycles. The molecule has 0 spiro atoms. The van der Waals surface area contributed by atoms with Crippen LogP contribution in [0.4, 0.5) is 5.69 Å². The van der Waals surface area contributed by atoms with Gasteiger partial charge in [0, 0.05) is 17.5 Å². The molecule has 1 amide bonds. The minimum absolute atomic E-state index is 0.499. The van der Waals surface area contributed by atoms with Crippen LogP contribution in [0.5, 0.6) is 0 Å². The maximum Gasteiger partial charge on any atom is 0.269 e. The van der Waals surface area contributed by atoms with Gasteiger partial charge in [-0.25, -0.2) is 5.48 Å². The van der Waals surface area contributed by atoms with Crippen molar-refractivity contribution in [3.05, 3.63) is 35.4 Å². The summed E-state index contributed by atoms with van der Waals surface area (Å²) in [5.74, 6) is -0.499. The van der Waals surface area contributed by atoms with Gasteiger partial charge in [0.25, 0.3) is 5.91 Å². The van der Waals surface area contributed by atoms with E-state index in [-0.39, 0.29) is 0 Å². The number of benzene rings is 1. The molecule has 5 heteroatoms. The van der Waals surface area contributed by atoms with Gasteiger partial charge in [-0.05, 0) is 18.6 Å². The molecule has 0 fully saturated rings. The van der Waals surface area contributed by atoms with Crippen molar-refractivity contribution in [2.24, 2.45) is 0 Å². The van der Waals surface area contributed by atoms with E-state index in [9.17, 15) is 4.79 Å². The van der Waals surface area contributed by atoms with Gasteiger partial charge < -0.3 is 4.90 Å². The number of thioether (sulfide) groups is 1. The summed E-state index contributed by atoms with van der Waals surface area (Å²) in [4.78, 5) is 14.4. The van der Waals surface area contributed by atoms with Crippen LogP contribution in [0, 0.1) is 0 Å². The number of hydrogen-bond donors (Lipinski definition) is 2. The maximum atomic E-state index is 11.2. The van der Waals surface area contributed by atoms with E-state index in [1.54, 1.807) is 17.2 Å². The Kier molecular flexibility index (Phi) is 3.71. The number of amides is 1. The van der Waals surface area contributed by atoms with E-state index in [2.05, 4.69) is 11.8 Å². The van der Waals surface area contributed by atoms with Crippen molar-refractivity contribution < 1.29 is 10.0 Å². The van der Waals surface area contributed by atoms with E-state index in [4.69, 9.17) is 5.21 Å². The number of fused-ring (bicyclic) bond motifs is 1. The molecule has 17 heavy (non-hydrogen) atoms. The maximum absolute atomic E-state index is 11.2. The summed E-state index contributed by atoms with van der Waals surface area (Å²) in [6, 6.07) is 8.03. The minimum atomic E-state index is -0.499. The lowest BCUT2D eigenvalue weighted by Gasteiger charge is -2.19. The lowest BCUT2D eigenvalue weighted by atomic mass is 10.3. The van der Waals surface area contributed by atoms with Gasteiger partial charge >= 0.3 is 0 Å². The van der Waals surface area contributed by atoms with Crippen molar-refractivity contribution in [2.45, 2.75) is 18.2 Å². The second-order valence-electron chi connectivity index (χ2n) is 3.68. The van der Waals surface area contributed by atoms with E-state index in [1.165, 1.54) is 6.08 Å². The SMILES string of the molecule is CCCN1/C(=C\C(=O)NO)Sc2ccccc21. The number of hydrogen-bond acceptors (Lipinski definition) is 4. The predicted octanol–water partition coefficient (Wildman–Crippen LogP) is 2.36. The molecule has 0 radical (unpaired) electrons. The first-order valence-electron chi connectivity index (χ1n) is 5.46. The van der Waals surface area contributed by atoms with Crippen molar-refractivity contribution in [3.63, 3.8) is 0 Å². The molecule has 2 N–H and O–H groups in total. The van der Waals surface area contributed by atoms with Gasteiger partial charge in [-0.2, -0.15) is 0 Å². The Bertz CT molecular complexity index is 460. The number of para-hydroxylation sites is 1. The zero-order valence-corrected chi connectivity index (χ0v) is 10.3. The van der Waals surface area contributed by atoms with Crippen LogP contribution in [0.1, 0.15) is 13.3 Å². The number of carbonyl (C=O) groups is 1. The molecule has 1 aromatic rings. The summed E-state index contributed by atoms with van der Waals surface area (Å²) in [7, 11) is 0. The van der Waals surface area contributed by atoms with Crippen molar-refractivity contribution in [1.82, 2.24) is 5.48 Å². The smallest absolute Gasteiger partial charge is 0.269 e. The minimum Gasteiger partial charge on any atom is -0.335 e. The second kappa shape index (κ2) is 5.25. The van der Waals surface area contributed by atoms with E-state index < -0.39 is 5.91 Å². The largest absolute Gasteiger partial charge is 0.335 e. The normalized spacial score (nSPS) is 16.1. The van der Waals surface area contributed by atoms with Gasteiger partial charge in [0.15, 0.2) is 0 Å². The van der Waals surface area contributed by atoms with Crippen LogP contribution in [-0.4, -0.2) is 17.7 Å². The van der Waals surface area contributed by atoms with Gasteiger partial charge in [-0.1, -0.05) is 30.8 Å². The van der Waals surface area contributed by atoms with Crippen molar-refractivity contribution in [1.29, 1.82) is 0 Å². The molecule has 0 aromatic heterocycles. The number of anilines is 1. The Morgan fingerprint density at radius 3 is 3.00 bits per heavy atom. The summed E-state index contributed by atoms with van der Waals surface area (Å²) >= 11 is 1.54. The van der Waals surface area contributed by atoms with Crippen molar-refractivity contribution >= 4 is 23.4 Å². The molecule has 4 nitrogen and oxygen atoms in total. The summed E-state index contributed by atoms with van der Waals surface area (Å²) in [6.45, 7) is 2.95. The average Bonchev–Trinajstić information content (AvgIpc) is 2.68. The molecule has 90 valence electrons. The third-order valence-electron chi connectivity index (χ3n) is 2.45. The number of nitrogens with zero attached hydrogens (tertiary/aromatic N) is 1. The quantitative estimate of drug-likeness (QED) is 0.491. The summed E-state index contributed by atoms with van der Waals surface area (Å²) in [5.41, 5.74) is 2.75. The first kappa shape index (κ1) is 12.0. The monoisotopic (exact) mass is 250 g/mol. The molecule has 0 saturated carbocycles. The first-order valence-corrected chi connectivity index (χ1v) is 6.28. The Balaban J connectivity index is 2.32. The van der Waals surface area contributed by atoms with Gasteiger partial charge in [0.05, 0.1) is 10.7 Å². The van der Waals surface area contributed by atoms with Crippen LogP contribution in [-0.2, 0) is 4.79 Å². The average molecular weight is 250 g/mol. The van der Waals surface area contributed by atoms with Crippen LogP contribution < -0.4 is 10.4 Å². The van der Waals surface area contributed by atoms with Crippen LogP contribution in [0.25, 0.3) is 0 Å². The van der Waals surface area contributed by atoms with Crippen LogP contribution >= 0.6 is 11.8 Å². The van der Waals surface area contributed by atoms with Gasteiger partial charge in [-0.3, -0.25) is 10.0 Å². The molecule has 0 atom stereocenters. The zero-order valence-electron chi connectivity index (χ0n) is 9.51. The van der Waals surface area contributed by atoms with Gasteiger partial charge in [0.1, 0.15) is 0 Å². The van der Waals surface area contributed by atoms with Gasteiger partial charge in [-0.15, -0.1) is 0 Å². The summed E-state index contributed by atoms with van der Waals surface area (Å²) in [5, 5.41) is 9.40. The van der Waals surface area contributed by atoms with Crippen molar-refractivity contribution in [2.75, 3.05) is 11.4 Å². The summed E-state index contributed by atoms with van der Waals surface area (Å²) in [6.07, 6.45) is 2.41. The van der Waals surface area contributed by atoms with E-state index in [0.717, 1.165) is 28.6 Å². The van der Waals surface area contributed by atoms with E-state index in [0.29, 0.717) is 0 Å². The molecule has 0 saturated heterocycles. The fourth-order valence-electron chi connectivity index (χ4n) is 1.76. The van der Waals surface area contributed by atoms with Gasteiger partial charge in [0.2, 0.25) is 0 Å². The Morgan fingerprint density at radius 1 is 1.53 bits per heavy atom. The molecular weight excluding hydrogens is 236 g/mol. The van der Waals surface area contributed by atoms with E-state index >= 15 is 0 Å². The fraction of sp³-hybridized carbons (Fsp3) is 0.250. The number of carbonyl (C=O) groups excluding carboxylic acids is 1. The highest BCUT2D eigenvalue weighted by Crippen LogP contribution is 2.45. The Morgan fingerprint density at radius 2 is 2.29 bits per heavy atom. The predicted molar refractivity (Wildman–Crippen MR) is 67.9 cm³/mol. The fourth-order valence-corrected chi connectivity index (χ4v) is 2.88. The summed E-state index contributed by atoms with van der Waals surface area (Å²) < 4.78 is 0. The molecule has 1 heterocycles. The highest BCUT2D eigenvalue weighted by Gasteiger charge is 2.24. The molecule has 0 unspecified atom stereocenters. The Labute approximate surface area is 104 Å². The van der Waals surface area contributed by atoms with Crippen LogP contribution in [0.2, 0.25) is 0 Å². The number of nitrogens with one attached hydrogen (secondary N) is 1. The van der Waals surface area contributed by atoms with Crippen molar-refractivity contribution in [3.8, 4) is 0 Å². The van der Waals surface area contributed by atoms with Crippen LogP contribution in [0.3, 0.4) is 0 Å². The topological polar surface area (TPSA) is 52.6 Å². The molecule has 2 rings (SSSR count). The van der Waals surface area contributed by atoms with E-state index in [1.807, 2.05) is 24.3 Å². The molecule has 0 bridgehead atoms. The zero-order chi connectivity index (χ0) is 12.3. The third-order valence-corrected chi connectivity index (χ3v) is 3.56.